The molecule has 25 heavy (non-hydrogen) atoms. The Kier molecular flexibility index (Phi) is 9.13. The van der Waals surface area contributed by atoms with Gasteiger partial charge >= 0.3 is 0 Å². The molecule has 1 aromatic rings. The van der Waals surface area contributed by atoms with E-state index in [1.165, 1.54) is 41.3 Å². The normalized spacial score (nSPS) is 16.9. The zero-order valence-corrected chi connectivity index (χ0v) is 19.1. The molecule has 0 unspecified atom stereocenters. The van der Waals surface area contributed by atoms with Crippen LogP contribution in [0.5, 0.6) is 0 Å². The van der Waals surface area contributed by atoms with E-state index < -0.39 is 10.0 Å². The van der Waals surface area contributed by atoms with Crippen LogP contribution in [0.25, 0.3) is 0 Å². The Balaban J connectivity index is 0.00000312. The summed E-state index contributed by atoms with van der Waals surface area (Å²) in [5, 5.41) is 8.35. The second kappa shape index (κ2) is 10.1. The molecular formula is C16H29IN4O2S2. The molecule has 0 atom stereocenters. The van der Waals surface area contributed by atoms with Crippen LogP contribution in [-0.4, -0.2) is 52.4 Å². The predicted octanol–water partition coefficient (Wildman–Crippen LogP) is 2.73. The van der Waals surface area contributed by atoms with Gasteiger partial charge in [0.2, 0.25) is 0 Å². The minimum atomic E-state index is -3.38. The lowest BCUT2D eigenvalue weighted by molar-refractivity contribution is 0.131. The summed E-state index contributed by atoms with van der Waals surface area (Å²) in [4.78, 5) is 4.22. The summed E-state index contributed by atoms with van der Waals surface area (Å²) < 4.78 is 26.4. The highest BCUT2D eigenvalue weighted by atomic mass is 127. The van der Waals surface area contributed by atoms with Gasteiger partial charge < -0.3 is 10.6 Å². The third kappa shape index (κ3) is 5.80. The lowest BCUT2D eigenvalue weighted by atomic mass is 9.67. The molecular weight excluding hydrogens is 471 g/mol. The molecule has 1 fully saturated rings. The first-order chi connectivity index (χ1) is 11.4. The van der Waals surface area contributed by atoms with E-state index in [1.54, 1.807) is 31.6 Å². The van der Waals surface area contributed by atoms with Gasteiger partial charge in [-0.15, -0.1) is 35.3 Å². The number of hydrogen-bond acceptors (Lipinski definition) is 4. The van der Waals surface area contributed by atoms with Crippen molar-refractivity contribution in [2.45, 2.75) is 36.8 Å². The number of aliphatic imine (C=N–C) groups is 1. The van der Waals surface area contributed by atoms with Crippen LogP contribution in [0.1, 0.15) is 32.6 Å². The van der Waals surface area contributed by atoms with Gasteiger partial charge in [-0.25, -0.2) is 8.42 Å². The molecule has 1 saturated carbocycles. The Morgan fingerprint density at radius 2 is 2.12 bits per heavy atom. The molecule has 1 aliphatic rings. The topological polar surface area (TPSA) is 73.8 Å². The molecule has 0 spiro atoms. The average molecular weight is 500 g/mol. The lowest BCUT2D eigenvalue weighted by Gasteiger charge is -2.41. The Morgan fingerprint density at radius 3 is 2.60 bits per heavy atom. The Labute approximate surface area is 172 Å². The second-order valence-electron chi connectivity index (χ2n) is 6.32. The predicted molar refractivity (Wildman–Crippen MR) is 115 cm³/mol. The summed E-state index contributed by atoms with van der Waals surface area (Å²) in [5.74, 6) is 0.733. The van der Waals surface area contributed by atoms with E-state index in [9.17, 15) is 8.42 Å². The Bertz CT molecular complexity index is 638. The quantitative estimate of drug-likeness (QED) is 0.327. The van der Waals surface area contributed by atoms with Crippen LogP contribution in [0.3, 0.4) is 0 Å². The number of sulfonamides is 1. The maximum atomic E-state index is 12.3. The van der Waals surface area contributed by atoms with Gasteiger partial charge in [-0.3, -0.25) is 4.99 Å². The molecule has 144 valence electrons. The van der Waals surface area contributed by atoms with Gasteiger partial charge in [-0.1, -0.05) is 19.4 Å². The van der Waals surface area contributed by atoms with Crippen molar-refractivity contribution in [2.24, 2.45) is 10.4 Å². The summed E-state index contributed by atoms with van der Waals surface area (Å²) in [6.07, 6.45) is 5.04. The standard InChI is InChI=1S/C16H28N4O2S2.HI/c1-4-16(8-6-9-16)13-19-15(17-2)18-10-11-20(3)24(21,22)14-7-5-12-23-14;/h5,7,12H,4,6,8-11,13H2,1-3H3,(H2,17,18,19);1H. The molecule has 0 aromatic carbocycles. The van der Waals surface area contributed by atoms with Gasteiger partial charge in [0.15, 0.2) is 5.96 Å². The summed E-state index contributed by atoms with van der Waals surface area (Å²) >= 11 is 1.24. The van der Waals surface area contributed by atoms with Crippen LogP contribution >= 0.6 is 35.3 Å². The minimum absolute atomic E-state index is 0. The van der Waals surface area contributed by atoms with Crippen molar-refractivity contribution in [3.05, 3.63) is 17.5 Å². The number of guanidine groups is 1. The first-order valence-corrected chi connectivity index (χ1v) is 10.7. The van der Waals surface area contributed by atoms with E-state index in [0.29, 0.717) is 22.7 Å². The van der Waals surface area contributed by atoms with Crippen molar-refractivity contribution in [3.63, 3.8) is 0 Å². The molecule has 0 bridgehead atoms. The molecule has 2 N–H and O–H groups in total. The molecule has 1 aliphatic carbocycles. The smallest absolute Gasteiger partial charge is 0.252 e. The zero-order valence-electron chi connectivity index (χ0n) is 15.1. The number of likely N-dealkylation sites (N-methyl/N-ethyl adjacent to an activating group) is 1. The molecule has 0 aliphatic heterocycles. The first kappa shape index (κ1) is 22.7. The highest BCUT2D eigenvalue weighted by Gasteiger charge is 2.34. The third-order valence-corrected chi connectivity index (χ3v) is 8.13. The van der Waals surface area contributed by atoms with Crippen LogP contribution in [-0.2, 0) is 10.0 Å². The molecule has 6 nitrogen and oxygen atoms in total. The highest BCUT2D eigenvalue weighted by molar-refractivity contribution is 14.0. The fourth-order valence-electron chi connectivity index (χ4n) is 2.84. The molecule has 0 radical (unpaired) electrons. The first-order valence-electron chi connectivity index (χ1n) is 8.38. The average Bonchev–Trinajstić information content (AvgIpc) is 3.07. The monoisotopic (exact) mass is 500 g/mol. The van der Waals surface area contributed by atoms with E-state index >= 15 is 0 Å². The van der Waals surface area contributed by atoms with Crippen LogP contribution in [0.2, 0.25) is 0 Å². The van der Waals surface area contributed by atoms with Gasteiger partial charge in [-0.2, -0.15) is 4.31 Å². The summed E-state index contributed by atoms with van der Waals surface area (Å²) in [6, 6.07) is 3.38. The van der Waals surface area contributed by atoms with Crippen LogP contribution in [0.4, 0.5) is 0 Å². The molecule has 1 heterocycles. The number of nitrogens with one attached hydrogen (secondary N) is 2. The van der Waals surface area contributed by atoms with E-state index in [4.69, 9.17) is 0 Å². The van der Waals surface area contributed by atoms with E-state index in [2.05, 4.69) is 22.5 Å². The van der Waals surface area contributed by atoms with Crippen molar-refractivity contribution < 1.29 is 8.42 Å². The Hall–Kier alpha value is -0.390. The molecule has 2 rings (SSSR count). The van der Waals surface area contributed by atoms with E-state index in [-0.39, 0.29) is 24.0 Å². The van der Waals surface area contributed by atoms with Crippen LogP contribution < -0.4 is 10.6 Å². The second-order valence-corrected chi connectivity index (χ2v) is 9.54. The third-order valence-electron chi connectivity index (χ3n) is 4.90. The van der Waals surface area contributed by atoms with Crippen molar-refractivity contribution in [1.29, 1.82) is 0 Å². The van der Waals surface area contributed by atoms with Crippen LogP contribution in [0, 0.1) is 5.41 Å². The molecule has 1 aromatic heterocycles. The zero-order chi connectivity index (χ0) is 17.6. The molecule has 0 amide bonds. The highest BCUT2D eigenvalue weighted by Crippen LogP contribution is 2.42. The fraction of sp³-hybridized carbons (Fsp3) is 0.688. The summed E-state index contributed by atoms with van der Waals surface area (Å²) in [5.41, 5.74) is 0.414. The molecule has 9 heteroatoms. The number of hydrogen-bond donors (Lipinski definition) is 2. The summed E-state index contributed by atoms with van der Waals surface area (Å²) in [6.45, 7) is 4.06. The maximum Gasteiger partial charge on any atom is 0.252 e. The minimum Gasteiger partial charge on any atom is -0.356 e. The Morgan fingerprint density at radius 1 is 1.40 bits per heavy atom. The van der Waals surface area contributed by atoms with E-state index in [0.717, 1.165) is 12.5 Å². The molecule has 0 saturated heterocycles. The summed E-state index contributed by atoms with van der Waals surface area (Å²) in [7, 11) is -0.0416. The van der Waals surface area contributed by atoms with Crippen molar-refractivity contribution in [1.82, 2.24) is 14.9 Å². The maximum absolute atomic E-state index is 12.3. The van der Waals surface area contributed by atoms with E-state index in [1.807, 2.05) is 0 Å². The van der Waals surface area contributed by atoms with Gasteiger partial charge in [0, 0.05) is 33.7 Å². The van der Waals surface area contributed by atoms with Gasteiger partial charge in [0.05, 0.1) is 0 Å². The van der Waals surface area contributed by atoms with Gasteiger partial charge in [0.25, 0.3) is 10.0 Å². The van der Waals surface area contributed by atoms with Crippen LogP contribution in [0.15, 0.2) is 26.7 Å². The number of rotatable bonds is 8. The lowest BCUT2D eigenvalue weighted by Crippen LogP contribution is -2.47. The number of halogens is 1. The van der Waals surface area contributed by atoms with Crippen molar-refractivity contribution in [2.75, 3.05) is 33.7 Å². The largest absolute Gasteiger partial charge is 0.356 e. The van der Waals surface area contributed by atoms with Gasteiger partial charge in [0.1, 0.15) is 4.21 Å². The number of thiophene rings is 1. The SMILES string of the molecule is CCC1(CNC(=NC)NCCN(C)S(=O)(=O)c2cccs2)CCC1.I. The number of nitrogens with zero attached hydrogens (tertiary/aromatic N) is 2. The van der Waals surface area contributed by atoms with Gasteiger partial charge in [-0.05, 0) is 36.1 Å². The fourth-order valence-corrected chi connectivity index (χ4v) is 5.21. The van der Waals surface area contributed by atoms with Crippen molar-refractivity contribution >= 4 is 51.3 Å². The van der Waals surface area contributed by atoms with Crippen molar-refractivity contribution in [3.8, 4) is 0 Å².